The maximum atomic E-state index is 13.9. The van der Waals surface area contributed by atoms with Gasteiger partial charge in [-0.1, -0.05) is 0 Å². The average molecular weight is 851 g/mol. The molecule has 61 heavy (non-hydrogen) atoms. The van der Waals surface area contributed by atoms with E-state index in [2.05, 4.69) is 30.2 Å². The molecule has 0 spiro atoms. The first-order valence-corrected chi connectivity index (χ1v) is 21.2. The van der Waals surface area contributed by atoms with Gasteiger partial charge in [0.1, 0.15) is 34.8 Å². The van der Waals surface area contributed by atoms with E-state index >= 15 is 0 Å². The Morgan fingerprint density at radius 1 is 0.557 bits per heavy atom. The fraction of sp³-hybridized carbons (Fsp3) is 0.535. The van der Waals surface area contributed by atoms with E-state index in [0.717, 1.165) is 86.0 Å². The summed E-state index contributed by atoms with van der Waals surface area (Å²) < 4.78 is 44.0. The molecule has 4 heterocycles. The van der Waals surface area contributed by atoms with Crippen LogP contribution in [0.2, 0.25) is 0 Å². The zero-order valence-electron chi connectivity index (χ0n) is 36.3. The highest BCUT2D eigenvalue weighted by molar-refractivity contribution is 5.60. The number of rotatable bonds is 18. The minimum absolute atomic E-state index is 0.115. The van der Waals surface area contributed by atoms with Crippen LogP contribution in [0.15, 0.2) is 55.6 Å². The van der Waals surface area contributed by atoms with Crippen LogP contribution in [0.3, 0.4) is 0 Å². The number of piperazine rings is 2. The van der Waals surface area contributed by atoms with E-state index in [4.69, 9.17) is 9.47 Å². The van der Waals surface area contributed by atoms with Crippen LogP contribution in [0.5, 0.6) is 11.5 Å². The molecule has 2 aromatic heterocycles. The summed E-state index contributed by atoms with van der Waals surface area (Å²) in [4.78, 5) is 63.0. The molecule has 18 heteroatoms. The minimum atomic E-state index is -0.524. The van der Waals surface area contributed by atoms with Gasteiger partial charge in [-0.3, -0.25) is 37.7 Å². The molecule has 0 amide bonds. The second-order valence-corrected chi connectivity index (χ2v) is 15.6. The van der Waals surface area contributed by atoms with Crippen LogP contribution in [0, 0.1) is 11.6 Å². The van der Waals surface area contributed by atoms with Crippen molar-refractivity contribution in [2.45, 2.75) is 33.1 Å². The Morgan fingerprint density at radius 2 is 0.934 bits per heavy atom. The topological polar surface area (TPSA) is 143 Å². The Labute approximate surface area is 354 Å². The van der Waals surface area contributed by atoms with Gasteiger partial charge in [0.05, 0.1) is 35.7 Å². The first kappa shape index (κ1) is 44.9. The molecule has 16 nitrogen and oxygen atoms in total. The summed E-state index contributed by atoms with van der Waals surface area (Å²) in [5, 5.41) is 6.67. The van der Waals surface area contributed by atoms with Crippen LogP contribution >= 0.6 is 0 Å². The van der Waals surface area contributed by atoms with Gasteiger partial charge >= 0.3 is 11.4 Å². The highest BCUT2D eigenvalue weighted by Crippen LogP contribution is 2.31. The summed E-state index contributed by atoms with van der Waals surface area (Å²) in [7, 11) is 6.01. The van der Waals surface area contributed by atoms with Gasteiger partial charge in [-0.15, -0.1) is 0 Å². The van der Waals surface area contributed by atoms with E-state index in [1.165, 1.54) is 47.5 Å². The minimum Gasteiger partial charge on any atom is -0.492 e. The van der Waals surface area contributed by atoms with Crippen LogP contribution in [-0.4, -0.2) is 120 Å². The summed E-state index contributed by atoms with van der Waals surface area (Å²) >= 11 is 0. The second kappa shape index (κ2) is 20.3. The third-order valence-corrected chi connectivity index (χ3v) is 11.6. The van der Waals surface area contributed by atoms with Crippen LogP contribution in [0.4, 0.5) is 31.8 Å². The molecule has 0 bridgehead atoms. The fourth-order valence-corrected chi connectivity index (χ4v) is 8.26. The Bertz CT molecular complexity index is 2230. The van der Waals surface area contributed by atoms with Gasteiger partial charge in [0.2, 0.25) is 0 Å². The standard InChI is InChI=1S/C43H60F2N10O6/c1-7-60-36-27-30(44)11-13-34(36)54-23-19-52(20-24-54)17-9-15-46-38-32(40(56)50(5)42(58)48(38)3)29-33-39(49(4)43(59)51(6)41(33)57)47-16-10-18-53-21-25-55(26-22-53)35-14-12-31(45)28-37(35)61-8-2/h11-14,27-28,46-47H,7-10,15-26,29H2,1-6H3. The summed E-state index contributed by atoms with van der Waals surface area (Å²) in [6.45, 7) is 13.3. The first-order chi connectivity index (χ1) is 29.3. The fourth-order valence-electron chi connectivity index (χ4n) is 8.26. The molecule has 2 saturated heterocycles. The van der Waals surface area contributed by atoms with Gasteiger partial charge in [0, 0.05) is 112 Å². The number of hydrogen-bond acceptors (Lipinski definition) is 12. The number of nitrogens with one attached hydrogen (secondary N) is 2. The molecule has 0 aliphatic carbocycles. The number of hydrogen-bond donors (Lipinski definition) is 2. The van der Waals surface area contributed by atoms with E-state index in [1.807, 2.05) is 13.8 Å². The maximum Gasteiger partial charge on any atom is 0.332 e. The van der Waals surface area contributed by atoms with E-state index in [1.54, 1.807) is 26.2 Å². The van der Waals surface area contributed by atoms with E-state index in [9.17, 15) is 28.0 Å². The molecule has 6 rings (SSSR count). The molecule has 4 aromatic rings. The highest BCUT2D eigenvalue weighted by Gasteiger charge is 2.25. The molecule has 2 N–H and O–H groups in total. The Balaban J connectivity index is 1.08. The number of benzene rings is 2. The molecule has 2 aliphatic heterocycles. The summed E-state index contributed by atoms with van der Waals surface area (Å²) in [6.07, 6.45) is 1.32. The van der Waals surface area contributed by atoms with Gasteiger partial charge < -0.3 is 29.9 Å². The van der Waals surface area contributed by atoms with Crippen molar-refractivity contribution < 1.29 is 18.3 Å². The van der Waals surface area contributed by atoms with Crippen LogP contribution in [-0.2, 0) is 34.6 Å². The molecule has 2 fully saturated rings. The van der Waals surface area contributed by atoms with Crippen LogP contribution in [0.25, 0.3) is 0 Å². The Hall–Kier alpha value is -5.62. The number of halogens is 2. The summed E-state index contributed by atoms with van der Waals surface area (Å²) in [5.41, 5.74) is 0.192. The lowest BCUT2D eigenvalue weighted by molar-refractivity contribution is 0.255. The van der Waals surface area contributed by atoms with Crippen LogP contribution < -0.4 is 52.4 Å². The van der Waals surface area contributed by atoms with Crippen molar-refractivity contribution in [2.24, 2.45) is 28.2 Å². The molecular formula is C43H60F2N10O6. The first-order valence-electron chi connectivity index (χ1n) is 21.2. The molecule has 2 aromatic carbocycles. The zero-order chi connectivity index (χ0) is 43.8. The van der Waals surface area contributed by atoms with Crippen molar-refractivity contribution >= 4 is 23.0 Å². The lowest BCUT2D eigenvalue weighted by Gasteiger charge is -2.36. The van der Waals surface area contributed by atoms with Crippen molar-refractivity contribution in [3.8, 4) is 11.5 Å². The molecule has 332 valence electrons. The van der Waals surface area contributed by atoms with E-state index < -0.39 is 22.5 Å². The lowest BCUT2D eigenvalue weighted by Crippen LogP contribution is -2.47. The third kappa shape index (κ3) is 10.3. The molecule has 2 aliphatic rings. The van der Waals surface area contributed by atoms with Crippen molar-refractivity contribution in [3.63, 3.8) is 0 Å². The smallest absolute Gasteiger partial charge is 0.332 e. The van der Waals surface area contributed by atoms with Gasteiger partial charge in [-0.05, 0) is 64.0 Å². The van der Waals surface area contributed by atoms with Crippen molar-refractivity contribution in [2.75, 3.05) is 112 Å². The zero-order valence-corrected chi connectivity index (χ0v) is 36.3. The van der Waals surface area contributed by atoms with Gasteiger partial charge in [0.15, 0.2) is 0 Å². The number of anilines is 4. The van der Waals surface area contributed by atoms with Crippen molar-refractivity contribution in [1.29, 1.82) is 0 Å². The maximum absolute atomic E-state index is 13.9. The predicted molar refractivity (Wildman–Crippen MR) is 235 cm³/mol. The van der Waals surface area contributed by atoms with Gasteiger partial charge in [-0.25, -0.2) is 18.4 Å². The SMILES string of the molecule is CCOc1cc(F)ccc1N1CCN(CCCNc2c(Cc3c(NCCCN4CCN(c5ccc(F)cc5OCC)CC4)n(C)c(=O)n(C)c3=O)c(=O)n(C)c(=O)n2C)CC1. The highest BCUT2D eigenvalue weighted by atomic mass is 19.1. The third-order valence-electron chi connectivity index (χ3n) is 11.6. The largest absolute Gasteiger partial charge is 0.492 e. The average Bonchev–Trinajstić information content (AvgIpc) is 3.25. The molecule has 0 unspecified atom stereocenters. The Kier molecular flexibility index (Phi) is 14.9. The van der Waals surface area contributed by atoms with Crippen molar-refractivity contribution in [1.82, 2.24) is 28.1 Å². The van der Waals surface area contributed by atoms with Crippen LogP contribution in [0.1, 0.15) is 37.8 Å². The molecular weight excluding hydrogens is 791 g/mol. The van der Waals surface area contributed by atoms with E-state index in [-0.39, 0.29) is 29.2 Å². The van der Waals surface area contributed by atoms with Gasteiger partial charge in [0.25, 0.3) is 11.1 Å². The summed E-state index contributed by atoms with van der Waals surface area (Å²) in [6, 6.07) is 9.27. The quantitative estimate of drug-likeness (QED) is 0.142. The Morgan fingerprint density at radius 3 is 1.30 bits per heavy atom. The van der Waals surface area contributed by atoms with Gasteiger partial charge in [-0.2, -0.15) is 0 Å². The molecule has 0 saturated carbocycles. The normalized spacial score (nSPS) is 15.0. The second-order valence-electron chi connectivity index (χ2n) is 15.6. The number of nitrogens with zero attached hydrogens (tertiary/aromatic N) is 8. The lowest BCUT2D eigenvalue weighted by atomic mass is 10.1. The molecule has 0 atom stereocenters. The monoisotopic (exact) mass is 850 g/mol. The van der Waals surface area contributed by atoms with E-state index in [0.29, 0.717) is 62.3 Å². The van der Waals surface area contributed by atoms with Crippen molar-refractivity contribution in [3.05, 3.63) is 101 Å². The molecule has 0 radical (unpaired) electrons. The predicted octanol–water partition coefficient (Wildman–Crippen LogP) is 2.40. The number of ether oxygens (including phenoxy) is 2. The number of aromatic nitrogens is 4. The summed E-state index contributed by atoms with van der Waals surface area (Å²) in [5.74, 6) is 1.07.